The lowest BCUT2D eigenvalue weighted by atomic mass is 9.72. The van der Waals surface area contributed by atoms with Crippen molar-refractivity contribution in [2.45, 2.75) is 103 Å². The number of furan rings is 2. The van der Waals surface area contributed by atoms with Gasteiger partial charge in [0.05, 0.1) is 0 Å². The summed E-state index contributed by atoms with van der Waals surface area (Å²) in [6.45, 7) is 26.5. The Balaban J connectivity index is 0.933. The average molecular weight is 946 g/mol. The van der Waals surface area contributed by atoms with Crippen molar-refractivity contribution in [2.75, 3.05) is 4.90 Å². The number of hydrogen-bond donors (Lipinski definition) is 0. The molecule has 73 heavy (non-hydrogen) atoms. The fourth-order valence-electron chi connectivity index (χ4n) is 14.8. The first kappa shape index (κ1) is 43.0. The fraction of sp³-hybridized carbons (Fsp3) is 0.229. The van der Waals surface area contributed by atoms with Crippen LogP contribution >= 0.6 is 0 Å². The van der Waals surface area contributed by atoms with Gasteiger partial charge in [0.1, 0.15) is 22.3 Å². The third-order valence-corrected chi connectivity index (χ3v) is 18.3. The summed E-state index contributed by atoms with van der Waals surface area (Å²) in [5.41, 5.74) is 29.0. The first-order valence-electron chi connectivity index (χ1n) is 26.3. The number of hydrogen-bond acceptors (Lipinski definition) is 3. The Labute approximate surface area is 428 Å². The van der Waals surface area contributed by atoms with E-state index in [1.807, 2.05) is 0 Å². The normalized spacial score (nSPS) is 16.6. The summed E-state index contributed by atoms with van der Waals surface area (Å²) in [6, 6.07) is 59.5. The Kier molecular flexibility index (Phi) is 8.07. The van der Waals surface area contributed by atoms with Crippen LogP contribution in [0.25, 0.3) is 88.4 Å². The van der Waals surface area contributed by atoms with E-state index in [-0.39, 0.29) is 27.1 Å². The third-order valence-electron chi connectivity index (χ3n) is 18.3. The van der Waals surface area contributed by atoms with Gasteiger partial charge >= 0.3 is 0 Å². The Morgan fingerprint density at radius 1 is 0.370 bits per heavy atom. The molecule has 0 N–H and O–H groups in total. The summed E-state index contributed by atoms with van der Waals surface area (Å²) in [5.74, 6) is 0. The van der Waals surface area contributed by atoms with Gasteiger partial charge < -0.3 is 13.7 Å². The number of fused-ring (bicyclic) bond motifs is 22. The average Bonchev–Trinajstić information content (AvgIpc) is 4.16. The quantitative estimate of drug-likeness (QED) is 0.177. The van der Waals surface area contributed by atoms with E-state index in [2.05, 4.69) is 239 Å². The van der Waals surface area contributed by atoms with Crippen molar-refractivity contribution in [1.82, 2.24) is 0 Å². The Bertz CT molecular complexity index is 4310. The minimum Gasteiger partial charge on any atom is -0.456 e. The van der Waals surface area contributed by atoms with E-state index in [1.165, 1.54) is 122 Å². The van der Waals surface area contributed by atoms with Gasteiger partial charge in [-0.05, 0) is 155 Å². The van der Waals surface area contributed by atoms with Crippen LogP contribution in [0.3, 0.4) is 0 Å². The Hall–Kier alpha value is -7.62. The van der Waals surface area contributed by atoms with Crippen LogP contribution in [-0.2, 0) is 27.1 Å². The Morgan fingerprint density at radius 3 is 1.64 bits per heavy atom. The van der Waals surface area contributed by atoms with E-state index in [0.29, 0.717) is 0 Å². The van der Waals surface area contributed by atoms with Crippen molar-refractivity contribution in [3.8, 4) is 44.5 Å². The molecule has 0 saturated heterocycles. The van der Waals surface area contributed by atoms with Crippen LogP contribution in [0.5, 0.6) is 0 Å². The van der Waals surface area contributed by atoms with Crippen molar-refractivity contribution in [2.24, 2.45) is 0 Å². The highest BCUT2D eigenvalue weighted by molar-refractivity contribution is 6.21. The summed E-state index contributed by atoms with van der Waals surface area (Å²) >= 11 is 0. The van der Waals surface area contributed by atoms with E-state index in [4.69, 9.17) is 8.83 Å². The lowest BCUT2D eigenvalue weighted by Crippen LogP contribution is -2.24. The molecular weight excluding hydrogens is 887 g/mol. The van der Waals surface area contributed by atoms with Gasteiger partial charge in [-0.2, -0.15) is 0 Å². The van der Waals surface area contributed by atoms with Crippen LogP contribution in [0.1, 0.15) is 126 Å². The van der Waals surface area contributed by atoms with Crippen LogP contribution in [0, 0.1) is 0 Å². The highest BCUT2D eigenvalue weighted by Crippen LogP contribution is 2.64. The van der Waals surface area contributed by atoms with Crippen LogP contribution < -0.4 is 4.90 Å². The van der Waals surface area contributed by atoms with Gasteiger partial charge in [0.2, 0.25) is 0 Å². The monoisotopic (exact) mass is 945 g/mol. The third kappa shape index (κ3) is 5.30. The van der Waals surface area contributed by atoms with Crippen molar-refractivity contribution in [1.29, 1.82) is 0 Å². The second kappa shape index (κ2) is 13.7. The van der Waals surface area contributed by atoms with E-state index in [1.54, 1.807) is 0 Å². The highest BCUT2D eigenvalue weighted by atomic mass is 16.3. The van der Waals surface area contributed by atoms with E-state index in [9.17, 15) is 0 Å². The molecule has 2 heterocycles. The van der Waals surface area contributed by atoms with Crippen molar-refractivity contribution < 1.29 is 8.83 Å². The summed E-state index contributed by atoms with van der Waals surface area (Å²) in [5, 5.41) is 4.81. The molecule has 0 aliphatic heterocycles. The predicted octanol–water partition coefficient (Wildman–Crippen LogP) is 19.5. The van der Waals surface area contributed by atoms with Gasteiger partial charge in [0.25, 0.3) is 0 Å². The zero-order chi connectivity index (χ0) is 50.0. The molecule has 15 rings (SSSR count). The zero-order valence-corrected chi connectivity index (χ0v) is 43.8. The largest absolute Gasteiger partial charge is 0.456 e. The van der Waals surface area contributed by atoms with Crippen LogP contribution in [0.15, 0.2) is 167 Å². The van der Waals surface area contributed by atoms with Crippen LogP contribution in [0.4, 0.5) is 17.1 Å². The maximum absolute atomic E-state index is 7.02. The molecule has 0 saturated carbocycles. The minimum absolute atomic E-state index is 0.113. The van der Waals surface area contributed by atoms with E-state index in [0.717, 1.165) is 33.7 Å². The fourth-order valence-corrected chi connectivity index (χ4v) is 14.8. The zero-order valence-electron chi connectivity index (χ0n) is 43.8. The molecule has 3 nitrogen and oxygen atoms in total. The van der Waals surface area contributed by atoms with Gasteiger partial charge in [0.15, 0.2) is 0 Å². The van der Waals surface area contributed by atoms with E-state index < -0.39 is 0 Å². The maximum Gasteiger partial charge on any atom is 0.144 e. The first-order valence-corrected chi connectivity index (χ1v) is 26.3. The number of para-hydroxylation sites is 3. The van der Waals surface area contributed by atoms with Gasteiger partial charge in [0, 0.05) is 65.8 Å². The number of rotatable bonds is 3. The molecule has 0 fully saturated rings. The number of benzene rings is 9. The smallest absolute Gasteiger partial charge is 0.144 e. The molecule has 0 spiro atoms. The SMILES string of the molecule is CC(C)(C)c1ccccc1N(c1ccc2c(c1)C(C)(C)c1cc3c(cc1-2)C(C)(C)c1ccc2oc4ccccc4c2c1-3)c1ccc2c(c1)C(C)(C)c1c3c(c4oc5ccccc5c4c1-2)-c1ccccc1C3(C)C. The van der Waals surface area contributed by atoms with Gasteiger partial charge in [-0.15, -0.1) is 0 Å². The summed E-state index contributed by atoms with van der Waals surface area (Å²) in [7, 11) is 0. The minimum atomic E-state index is -0.325. The summed E-state index contributed by atoms with van der Waals surface area (Å²) < 4.78 is 13.5. The van der Waals surface area contributed by atoms with E-state index >= 15 is 0 Å². The molecule has 4 aliphatic carbocycles. The lowest BCUT2D eigenvalue weighted by Gasteiger charge is -2.34. The molecule has 0 atom stereocenters. The van der Waals surface area contributed by atoms with Gasteiger partial charge in [-0.3, -0.25) is 0 Å². The summed E-state index contributed by atoms with van der Waals surface area (Å²) in [6.07, 6.45) is 0. The molecule has 2 aromatic heterocycles. The molecule has 4 aliphatic rings. The van der Waals surface area contributed by atoms with Crippen molar-refractivity contribution in [3.63, 3.8) is 0 Å². The summed E-state index contributed by atoms with van der Waals surface area (Å²) in [4.78, 5) is 2.56. The van der Waals surface area contributed by atoms with Gasteiger partial charge in [-0.1, -0.05) is 173 Å². The van der Waals surface area contributed by atoms with Crippen molar-refractivity contribution in [3.05, 3.63) is 208 Å². The molecule has 0 bridgehead atoms. The van der Waals surface area contributed by atoms with Gasteiger partial charge in [-0.25, -0.2) is 0 Å². The Morgan fingerprint density at radius 2 is 0.904 bits per heavy atom. The van der Waals surface area contributed by atoms with Crippen molar-refractivity contribution >= 4 is 60.9 Å². The number of anilines is 3. The predicted molar refractivity (Wildman–Crippen MR) is 305 cm³/mol. The molecule has 0 amide bonds. The number of nitrogens with zero attached hydrogens (tertiary/aromatic N) is 1. The molecule has 0 unspecified atom stereocenters. The van der Waals surface area contributed by atoms with Crippen LogP contribution in [0.2, 0.25) is 0 Å². The van der Waals surface area contributed by atoms with Crippen LogP contribution in [-0.4, -0.2) is 0 Å². The topological polar surface area (TPSA) is 29.5 Å². The second-order valence-electron chi connectivity index (χ2n) is 24.8. The first-order chi connectivity index (χ1) is 34.9. The molecule has 11 aromatic rings. The maximum atomic E-state index is 7.02. The standard InChI is InChI=1S/C70H59NO2/c1-66(2,3)48-24-16-17-25-54(48)71(38-28-30-40-45-36-53-46(37-52(45)68(6,7)50(40)34-38)58-49(67(53,4)5)32-33-57-59(58)43-21-13-18-26-55(43)72-57)39-29-31-42-51(35-39)70(10,11)63-60(42)61-44-22-14-19-27-56(44)73-65(61)62-41-20-12-15-23-47(41)69(8,9)64(62)63/h12-37H,1-11H3. The molecule has 9 aromatic carbocycles. The molecule has 3 heteroatoms. The molecular formula is C70H59NO2. The molecule has 356 valence electrons. The molecule has 0 radical (unpaired) electrons. The lowest BCUT2D eigenvalue weighted by molar-refractivity contribution is 0.591. The highest BCUT2D eigenvalue weighted by Gasteiger charge is 2.49. The second-order valence-corrected chi connectivity index (χ2v) is 24.8.